The van der Waals surface area contributed by atoms with Gasteiger partial charge in [-0.1, -0.05) is 137 Å². The molecule has 5 aromatic rings. The second kappa shape index (κ2) is 11.1. The van der Waals surface area contributed by atoms with Crippen molar-refractivity contribution < 1.29 is 0 Å². The first kappa shape index (κ1) is 25.5. The number of aliphatic imine (C=N–C) groups is 1. The van der Waals surface area contributed by atoms with Crippen LogP contribution in [0.2, 0.25) is 5.02 Å². The summed E-state index contributed by atoms with van der Waals surface area (Å²) in [6.07, 6.45) is 1.57. The molecular formula is C34H27BCl2N2. The Hall–Kier alpha value is -3.79. The van der Waals surface area contributed by atoms with Crippen molar-refractivity contribution in [2.45, 2.75) is 19.8 Å². The largest absolute Gasteiger partial charge is 0.376 e. The topological polar surface area (TPSA) is 17.3 Å². The molecule has 0 unspecified atom stereocenters. The highest BCUT2D eigenvalue weighted by Crippen LogP contribution is 2.37. The summed E-state index contributed by atoms with van der Waals surface area (Å²) in [5, 5.41) is 1.38. The number of allylic oxidation sites excluding steroid dienone is 1. The van der Waals surface area contributed by atoms with E-state index in [9.17, 15) is 0 Å². The lowest BCUT2D eigenvalue weighted by atomic mass is 9.50. The summed E-state index contributed by atoms with van der Waals surface area (Å²) in [5.74, 6) is 0. The van der Waals surface area contributed by atoms with E-state index >= 15 is 0 Å². The number of aryl methyl sites for hydroxylation is 1. The van der Waals surface area contributed by atoms with Crippen LogP contribution in [0.15, 0.2) is 132 Å². The highest BCUT2D eigenvalue weighted by atomic mass is 35.5. The van der Waals surface area contributed by atoms with E-state index < -0.39 is 0 Å². The van der Waals surface area contributed by atoms with Crippen LogP contribution >= 0.6 is 23.2 Å². The summed E-state index contributed by atoms with van der Waals surface area (Å²) in [6.45, 7) is 2.05. The molecule has 0 aliphatic carbocycles. The lowest BCUT2D eigenvalue weighted by Gasteiger charge is -2.25. The lowest BCUT2D eigenvalue weighted by molar-refractivity contribution is 1.06. The van der Waals surface area contributed by atoms with Gasteiger partial charge in [0, 0.05) is 28.4 Å². The second-order valence-corrected chi connectivity index (χ2v) is 10.8. The van der Waals surface area contributed by atoms with Crippen molar-refractivity contribution in [1.29, 1.82) is 0 Å². The average molecular weight is 545 g/mol. The Balaban J connectivity index is 1.68. The molecule has 0 spiro atoms. The van der Waals surface area contributed by atoms with Gasteiger partial charge in [-0.25, -0.2) is 4.99 Å². The minimum atomic E-state index is -0.0648. The van der Waals surface area contributed by atoms with Gasteiger partial charge in [0.2, 0.25) is 0 Å². The maximum atomic E-state index is 6.46. The van der Waals surface area contributed by atoms with E-state index in [1.807, 2.05) is 12.1 Å². The van der Waals surface area contributed by atoms with Gasteiger partial charge in [0.05, 0.1) is 5.70 Å². The number of halogens is 2. The molecule has 4 aromatic carbocycles. The third kappa shape index (κ3) is 5.25. The molecule has 190 valence electrons. The van der Waals surface area contributed by atoms with Crippen LogP contribution in [0.3, 0.4) is 0 Å². The molecule has 0 fully saturated rings. The quantitative estimate of drug-likeness (QED) is 0.193. The summed E-state index contributed by atoms with van der Waals surface area (Å²) < 4.78 is 2.46. The van der Waals surface area contributed by atoms with Crippen molar-refractivity contribution in [3.8, 4) is 11.3 Å². The maximum absolute atomic E-state index is 6.46. The predicted molar refractivity (Wildman–Crippen MR) is 168 cm³/mol. The van der Waals surface area contributed by atoms with E-state index in [2.05, 4.69) is 121 Å². The SMILES string of the molecule is Cc1ccc(/C(=C2\CCC(Cl)=N2)c2ccc(-c3ccc(Cl)cc3)n2B(c2ccccc2)c2ccccc2)cc1. The third-order valence-corrected chi connectivity index (χ3v) is 7.78. The molecule has 0 bridgehead atoms. The molecule has 1 aliphatic rings. The number of aromatic nitrogens is 1. The van der Waals surface area contributed by atoms with Crippen molar-refractivity contribution in [2.24, 2.45) is 4.99 Å². The highest BCUT2D eigenvalue weighted by molar-refractivity contribution is 6.84. The molecule has 5 heteroatoms. The molecule has 6 rings (SSSR count). The first-order valence-corrected chi connectivity index (χ1v) is 13.9. The van der Waals surface area contributed by atoms with Gasteiger partial charge in [0.1, 0.15) is 5.17 Å². The first-order chi connectivity index (χ1) is 19.1. The van der Waals surface area contributed by atoms with E-state index in [0.29, 0.717) is 5.17 Å². The van der Waals surface area contributed by atoms with Gasteiger partial charge in [-0.2, -0.15) is 0 Å². The molecule has 0 saturated carbocycles. The number of rotatable bonds is 6. The van der Waals surface area contributed by atoms with Crippen LogP contribution in [-0.2, 0) is 0 Å². The van der Waals surface area contributed by atoms with Crippen molar-refractivity contribution >= 4 is 51.7 Å². The highest BCUT2D eigenvalue weighted by Gasteiger charge is 2.30. The van der Waals surface area contributed by atoms with Crippen LogP contribution in [0.5, 0.6) is 0 Å². The van der Waals surface area contributed by atoms with Gasteiger partial charge < -0.3 is 4.48 Å². The normalized spacial score (nSPS) is 14.3. The van der Waals surface area contributed by atoms with Crippen molar-refractivity contribution in [2.75, 3.05) is 0 Å². The van der Waals surface area contributed by atoms with Gasteiger partial charge in [-0.3, -0.25) is 0 Å². The summed E-state index contributed by atoms with van der Waals surface area (Å²) in [6, 6.07) is 42.6. The Morgan fingerprint density at radius 3 is 1.87 bits per heavy atom. The minimum absolute atomic E-state index is 0.0648. The molecule has 1 aliphatic heterocycles. The van der Waals surface area contributed by atoms with Crippen LogP contribution in [0.25, 0.3) is 16.8 Å². The molecular weight excluding hydrogens is 518 g/mol. The summed E-state index contributed by atoms with van der Waals surface area (Å²) in [4.78, 5) is 4.83. The van der Waals surface area contributed by atoms with Gasteiger partial charge in [-0.15, -0.1) is 0 Å². The second-order valence-electron chi connectivity index (χ2n) is 9.88. The zero-order valence-electron chi connectivity index (χ0n) is 21.7. The Morgan fingerprint density at radius 1 is 0.692 bits per heavy atom. The smallest absolute Gasteiger partial charge is 0.328 e. The fraction of sp³-hybridized carbons (Fsp3) is 0.0882. The Labute approximate surface area is 240 Å². The number of hydrogen-bond acceptors (Lipinski definition) is 1. The predicted octanol–water partition coefficient (Wildman–Crippen LogP) is 7.96. The molecule has 0 atom stereocenters. The zero-order valence-corrected chi connectivity index (χ0v) is 23.2. The fourth-order valence-corrected chi connectivity index (χ4v) is 5.71. The van der Waals surface area contributed by atoms with Crippen LogP contribution in [0.1, 0.15) is 29.7 Å². The Bertz CT molecular complexity index is 1610. The van der Waals surface area contributed by atoms with E-state index in [1.165, 1.54) is 16.5 Å². The molecule has 2 heterocycles. The number of nitrogens with zero attached hydrogens (tertiary/aromatic N) is 2. The maximum Gasteiger partial charge on any atom is 0.328 e. The van der Waals surface area contributed by atoms with E-state index in [-0.39, 0.29) is 6.85 Å². The molecule has 0 saturated heterocycles. The number of benzene rings is 4. The average Bonchev–Trinajstić information content (AvgIpc) is 3.59. The van der Waals surface area contributed by atoms with Crippen LogP contribution in [-0.4, -0.2) is 16.5 Å². The van der Waals surface area contributed by atoms with Gasteiger partial charge in [0.25, 0.3) is 0 Å². The fourth-order valence-electron chi connectivity index (χ4n) is 5.39. The Morgan fingerprint density at radius 2 is 1.31 bits per heavy atom. The first-order valence-electron chi connectivity index (χ1n) is 13.2. The molecule has 2 nitrogen and oxygen atoms in total. The third-order valence-electron chi connectivity index (χ3n) is 7.26. The van der Waals surface area contributed by atoms with Gasteiger partial charge >= 0.3 is 6.85 Å². The van der Waals surface area contributed by atoms with E-state index in [0.717, 1.165) is 51.6 Å². The van der Waals surface area contributed by atoms with Crippen molar-refractivity contribution in [3.05, 3.63) is 149 Å². The molecule has 0 radical (unpaired) electrons. The standard InChI is InChI=1S/C34H27BCl2N2/c1-24-12-14-26(15-13-24)34(30-20-23-33(37)38-30)32-22-21-31(25-16-18-29(36)19-17-25)39(32)35(27-8-4-2-5-9-27)28-10-6-3-7-11-28/h2-19,21-22H,20,23H2,1H3/b34-30-. The summed E-state index contributed by atoms with van der Waals surface area (Å²) in [5.41, 5.74) is 10.2. The van der Waals surface area contributed by atoms with Crippen LogP contribution in [0, 0.1) is 6.92 Å². The molecule has 1 aromatic heterocycles. The summed E-state index contributed by atoms with van der Waals surface area (Å²) >= 11 is 12.8. The van der Waals surface area contributed by atoms with Crippen LogP contribution < -0.4 is 10.9 Å². The zero-order chi connectivity index (χ0) is 26.8. The van der Waals surface area contributed by atoms with Crippen molar-refractivity contribution in [1.82, 2.24) is 4.48 Å². The molecule has 39 heavy (non-hydrogen) atoms. The van der Waals surface area contributed by atoms with E-state index in [1.54, 1.807) is 0 Å². The molecule has 0 amide bonds. The molecule has 0 N–H and O–H groups in total. The monoisotopic (exact) mass is 544 g/mol. The minimum Gasteiger partial charge on any atom is -0.376 e. The number of hydrogen-bond donors (Lipinski definition) is 0. The van der Waals surface area contributed by atoms with Crippen molar-refractivity contribution in [3.63, 3.8) is 0 Å². The summed E-state index contributed by atoms with van der Waals surface area (Å²) in [7, 11) is 0. The van der Waals surface area contributed by atoms with Gasteiger partial charge in [-0.05, 0) is 48.7 Å². The van der Waals surface area contributed by atoms with Crippen LogP contribution in [0.4, 0.5) is 0 Å². The lowest BCUT2D eigenvalue weighted by Crippen LogP contribution is -2.49. The van der Waals surface area contributed by atoms with Gasteiger partial charge in [0.15, 0.2) is 0 Å². The Kier molecular flexibility index (Phi) is 7.28. The van der Waals surface area contributed by atoms with E-state index in [4.69, 9.17) is 28.2 Å².